The van der Waals surface area contributed by atoms with Gasteiger partial charge in [0.15, 0.2) is 0 Å². The molecule has 2 aromatic carbocycles. The zero-order chi connectivity index (χ0) is 14.8. The van der Waals surface area contributed by atoms with Crippen molar-refractivity contribution >= 4 is 0 Å². The fraction of sp³-hybridized carbons (Fsp3) is 0. The minimum Gasteiger partial charge on any atom is -0.363 e. The normalized spacial score (nSPS) is 10.7. The van der Waals surface area contributed by atoms with E-state index in [0.717, 1.165) is 33.9 Å². The van der Waals surface area contributed by atoms with Crippen LogP contribution in [-0.2, 0) is 0 Å². The Kier molecular flexibility index (Phi) is 3.05. The molecule has 1 N–H and O–H groups in total. The molecular formula is C18H12N3O. The molecule has 0 unspecified atom stereocenters. The average molecular weight is 286 g/mol. The first-order valence-electron chi connectivity index (χ1n) is 6.94. The summed E-state index contributed by atoms with van der Waals surface area (Å²) in [6.45, 7) is 0. The molecular weight excluding hydrogens is 274 g/mol. The second kappa shape index (κ2) is 5.33. The van der Waals surface area contributed by atoms with Crippen LogP contribution in [0.1, 0.15) is 0 Å². The van der Waals surface area contributed by atoms with Gasteiger partial charge in [-0.15, -0.1) is 0 Å². The third-order valence-corrected chi connectivity index (χ3v) is 3.46. The van der Waals surface area contributed by atoms with Crippen LogP contribution >= 0.6 is 0 Å². The van der Waals surface area contributed by atoms with Gasteiger partial charge in [-0.3, -0.25) is 0 Å². The summed E-state index contributed by atoms with van der Waals surface area (Å²) < 4.78 is 5.16. The number of hydrogen-bond acceptors (Lipinski definition) is 3. The lowest BCUT2D eigenvalue weighted by Crippen LogP contribution is -1.83. The first-order valence-corrected chi connectivity index (χ1v) is 6.94. The van der Waals surface area contributed by atoms with E-state index in [-0.39, 0.29) is 0 Å². The number of aromatic nitrogens is 3. The van der Waals surface area contributed by atoms with Crippen LogP contribution in [-0.4, -0.2) is 15.1 Å². The SMILES string of the molecule is [c]1ccc(-c2nc(-c3conc3-c3ccccc3)c[nH]2)cc1. The van der Waals surface area contributed by atoms with Gasteiger partial charge in [0.2, 0.25) is 0 Å². The molecule has 0 amide bonds. The van der Waals surface area contributed by atoms with Gasteiger partial charge in [-0.25, -0.2) is 4.98 Å². The van der Waals surface area contributed by atoms with Crippen molar-refractivity contribution in [2.24, 2.45) is 0 Å². The number of H-pyrrole nitrogens is 1. The van der Waals surface area contributed by atoms with Gasteiger partial charge in [0.25, 0.3) is 0 Å². The maximum Gasteiger partial charge on any atom is 0.138 e. The van der Waals surface area contributed by atoms with Gasteiger partial charge >= 0.3 is 0 Å². The van der Waals surface area contributed by atoms with E-state index in [1.54, 1.807) is 6.26 Å². The number of rotatable bonds is 3. The monoisotopic (exact) mass is 286 g/mol. The molecule has 4 nitrogen and oxygen atoms in total. The molecule has 105 valence electrons. The summed E-state index contributed by atoms with van der Waals surface area (Å²) in [6, 6.07) is 20.6. The third kappa shape index (κ3) is 2.20. The van der Waals surface area contributed by atoms with Crippen LogP contribution < -0.4 is 0 Å². The Bertz CT molecular complexity index is 879. The number of nitrogens with zero attached hydrogens (tertiary/aromatic N) is 2. The highest BCUT2D eigenvalue weighted by Gasteiger charge is 2.15. The van der Waals surface area contributed by atoms with Gasteiger partial charge in [0.1, 0.15) is 17.8 Å². The van der Waals surface area contributed by atoms with Crippen LogP contribution in [0.5, 0.6) is 0 Å². The van der Waals surface area contributed by atoms with Gasteiger partial charge in [-0.1, -0.05) is 59.8 Å². The predicted octanol–water partition coefficient (Wildman–Crippen LogP) is 4.20. The first kappa shape index (κ1) is 12.6. The molecule has 0 aliphatic heterocycles. The first-order chi connectivity index (χ1) is 10.9. The van der Waals surface area contributed by atoms with Crippen LogP contribution in [0.4, 0.5) is 0 Å². The zero-order valence-corrected chi connectivity index (χ0v) is 11.7. The van der Waals surface area contributed by atoms with Crippen LogP contribution in [0, 0.1) is 6.07 Å². The average Bonchev–Trinajstić information content (AvgIpc) is 3.25. The molecule has 0 aliphatic rings. The Morgan fingerprint density at radius 2 is 1.77 bits per heavy atom. The number of hydrogen-bond donors (Lipinski definition) is 1. The lowest BCUT2D eigenvalue weighted by Gasteiger charge is -1.98. The van der Waals surface area contributed by atoms with E-state index in [9.17, 15) is 0 Å². The van der Waals surface area contributed by atoms with Crippen molar-refractivity contribution < 1.29 is 4.52 Å². The molecule has 4 heteroatoms. The van der Waals surface area contributed by atoms with Crippen molar-refractivity contribution in [3.05, 3.63) is 73.1 Å². The summed E-state index contributed by atoms with van der Waals surface area (Å²) in [7, 11) is 0. The van der Waals surface area contributed by atoms with Crippen molar-refractivity contribution in [2.45, 2.75) is 0 Å². The molecule has 0 spiro atoms. The van der Waals surface area contributed by atoms with Gasteiger partial charge in [-0.05, 0) is 6.07 Å². The van der Waals surface area contributed by atoms with Crippen molar-refractivity contribution in [3.8, 4) is 33.9 Å². The van der Waals surface area contributed by atoms with Crippen molar-refractivity contribution in [1.29, 1.82) is 0 Å². The summed E-state index contributed by atoms with van der Waals surface area (Å²) in [5.41, 5.74) is 4.49. The van der Waals surface area contributed by atoms with Crippen LogP contribution in [0.3, 0.4) is 0 Å². The topological polar surface area (TPSA) is 54.7 Å². The largest absolute Gasteiger partial charge is 0.363 e. The van der Waals surface area contributed by atoms with Crippen LogP contribution in [0.25, 0.3) is 33.9 Å². The van der Waals surface area contributed by atoms with E-state index >= 15 is 0 Å². The molecule has 0 atom stereocenters. The highest BCUT2D eigenvalue weighted by molar-refractivity contribution is 5.78. The molecule has 0 saturated carbocycles. The summed E-state index contributed by atoms with van der Waals surface area (Å²) in [4.78, 5) is 7.83. The fourth-order valence-corrected chi connectivity index (χ4v) is 2.38. The van der Waals surface area contributed by atoms with E-state index in [2.05, 4.69) is 21.2 Å². The Labute approximate surface area is 127 Å². The highest BCUT2D eigenvalue weighted by Crippen LogP contribution is 2.30. The van der Waals surface area contributed by atoms with Crippen molar-refractivity contribution in [1.82, 2.24) is 15.1 Å². The minimum atomic E-state index is 0.792. The van der Waals surface area contributed by atoms with Crippen molar-refractivity contribution in [2.75, 3.05) is 0 Å². The summed E-state index contributed by atoms with van der Waals surface area (Å²) in [5, 5.41) is 4.11. The quantitative estimate of drug-likeness (QED) is 0.614. The smallest absolute Gasteiger partial charge is 0.138 e. The molecule has 1 radical (unpaired) electrons. The molecule has 0 bridgehead atoms. The maximum absolute atomic E-state index is 5.16. The molecule has 4 rings (SSSR count). The summed E-state index contributed by atoms with van der Waals surface area (Å²) in [6.07, 6.45) is 3.49. The standard InChI is InChI=1S/C18H12N3O/c1-3-7-13(8-4-1)17-15(12-22-21-17)16-11-19-18(20-16)14-9-5-2-6-10-14/h1,3-12H,(H,19,20). The zero-order valence-electron chi connectivity index (χ0n) is 11.7. The molecule has 0 saturated heterocycles. The summed E-state index contributed by atoms with van der Waals surface area (Å²) >= 11 is 0. The van der Waals surface area contributed by atoms with Gasteiger partial charge < -0.3 is 9.51 Å². The molecule has 2 aromatic heterocycles. The van der Waals surface area contributed by atoms with Gasteiger partial charge in [0, 0.05) is 17.3 Å². The van der Waals surface area contributed by atoms with E-state index in [1.807, 2.05) is 60.8 Å². The van der Waals surface area contributed by atoms with Gasteiger partial charge in [-0.2, -0.15) is 0 Å². The Morgan fingerprint density at radius 3 is 2.59 bits per heavy atom. The van der Waals surface area contributed by atoms with Gasteiger partial charge in [0.05, 0.1) is 11.3 Å². The summed E-state index contributed by atoms with van der Waals surface area (Å²) in [5.74, 6) is 0.809. The fourth-order valence-electron chi connectivity index (χ4n) is 2.38. The molecule has 2 heterocycles. The minimum absolute atomic E-state index is 0.792. The number of benzene rings is 2. The van der Waals surface area contributed by atoms with Crippen LogP contribution in [0.2, 0.25) is 0 Å². The molecule has 22 heavy (non-hydrogen) atoms. The molecule has 0 fully saturated rings. The van der Waals surface area contributed by atoms with E-state index in [0.29, 0.717) is 0 Å². The number of nitrogens with one attached hydrogen (secondary N) is 1. The molecule has 0 aliphatic carbocycles. The Hall–Kier alpha value is -3.14. The predicted molar refractivity (Wildman–Crippen MR) is 83.8 cm³/mol. The van der Waals surface area contributed by atoms with E-state index in [4.69, 9.17) is 4.52 Å². The third-order valence-electron chi connectivity index (χ3n) is 3.46. The van der Waals surface area contributed by atoms with E-state index in [1.165, 1.54) is 0 Å². The lowest BCUT2D eigenvalue weighted by atomic mass is 10.1. The van der Waals surface area contributed by atoms with Crippen molar-refractivity contribution in [3.63, 3.8) is 0 Å². The number of imidazole rings is 1. The maximum atomic E-state index is 5.16. The molecule has 4 aromatic rings. The van der Waals surface area contributed by atoms with Crippen LogP contribution in [0.15, 0.2) is 71.6 Å². The second-order valence-corrected chi connectivity index (χ2v) is 4.87. The highest BCUT2D eigenvalue weighted by atomic mass is 16.5. The second-order valence-electron chi connectivity index (χ2n) is 4.87. The Balaban J connectivity index is 1.76. The number of aromatic amines is 1. The lowest BCUT2D eigenvalue weighted by molar-refractivity contribution is 0.422. The Morgan fingerprint density at radius 1 is 0.955 bits per heavy atom. The van der Waals surface area contributed by atoms with E-state index < -0.39 is 0 Å².